The van der Waals surface area contributed by atoms with Gasteiger partial charge in [0.2, 0.25) is 0 Å². The Morgan fingerprint density at radius 2 is 1.66 bits per heavy atom. The molecule has 1 saturated heterocycles. The molecule has 194 valence electrons. The van der Waals surface area contributed by atoms with Crippen molar-refractivity contribution in [2.75, 3.05) is 34.4 Å². The average molecular weight is 513 g/mol. The van der Waals surface area contributed by atoms with E-state index in [1.807, 2.05) is 54.6 Å². The number of likely N-dealkylation sites (tertiary alicyclic amines) is 1. The number of hydrogen-bond donors (Lipinski definition) is 1. The predicted molar refractivity (Wildman–Crippen MR) is 144 cm³/mol. The maximum Gasteiger partial charge on any atom is 0.258 e. The van der Waals surface area contributed by atoms with Gasteiger partial charge < -0.3 is 29.2 Å². The Hall–Kier alpha value is -4.46. The van der Waals surface area contributed by atoms with Crippen molar-refractivity contribution in [2.24, 2.45) is 0 Å². The number of hydrogen-bond acceptors (Lipinski definition) is 6. The molecule has 0 unspecified atom stereocenters. The first-order valence-electron chi connectivity index (χ1n) is 12.5. The van der Waals surface area contributed by atoms with E-state index in [0.29, 0.717) is 54.3 Å². The lowest BCUT2D eigenvalue weighted by Crippen LogP contribution is -2.61. The quantitative estimate of drug-likeness (QED) is 0.424. The third-order valence-electron chi connectivity index (χ3n) is 7.50. The minimum Gasteiger partial charge on any atom is -0.497 e. The van der Waals surface area contributed by atoms with Crippen molar-refractivity contribution in [3.63, 3.8) is 0 Å². The predicted octanol–water partition coefficient (Wildman–Crippen LogP) is 4.77. The second kappa shape index (κ2) is 9.13. The van der Waals surface area contributed by atoms with Crippen molar-refractivity contribution < 1.29 is 28.5 Å². The average Bonchev–Trinajstić information content (AvgIpc) is 2.95. The monoisotopic (exact) mass is 512 g/mol. The molecule has 4 aromatic rings. The Morgan fingerprint density at radius 3 is 2.39 bits per heavy atom. The van der Waals surface area contributed by atoms with Crippen LogP contribution >= 0.6 is 0 Å². The summed E-state index contributed by atoms with van der Waals surface area (Å²) < 4.78 is 22.8. The van der Waals surface area contributed by atoms with Crippen molar-refractivity contribution in [3.8, 4) is 23.0 Å². The molecule has 1 N–H and O–H groups in total. The van der Waals surface area contributed by atoms with Gasteiger partial charge in [0, 0.05) is 42.3 Å². The van der Waals surface area contributed by atoms with Crippen molar-refractivity contribution in [1.29, 1.82) is 0 Å². The van der Waals surface area contributed by atoms with Gasteiger partial charge in [0.1, 0.15) is 23.0 Å². The molecule has 1 spiro atoms. The van der Waals surface area contributed by atoms with E-state index in [-0.39, 0.29) is 11.8 Å². The summed E-state index contributed by atoms with van der Waals surface area (Å²) in [5, 5.41) is 6.63. The van der Waals surface area contributed by atoms with Crippen LogP contribution < -0.4 is 24.3 Å². The van der Waals surface area contributed by atoms with E-state index in [1.54, 1.807) is 32.3 Å². The SMILES string of the molecule is COc1ccc2cc3c(cc2c1)C(=O)NC1(CCN(C(=O)c2cc(OC)c4cccc(OC)c4c2)CC1)O3. The summed E-state index contributed by atoms with van der Waals surface area (Å²) in [6.45, 7) is 0.872. The molecule has 2 heterocycles. The first-order chi connectivity index (χ1) is 18.4. The van der Waals surface area contributed by atoms with Crippen molar-refractivity contribution >= 4 is 33.4 Å². The van der Waals surface area contributed by atoms with Gasteiger partial charge in [-0.3, -0.25) is 9.59 Å². The number of carbonyl (C=O) groups excluding carboxylic acids is 2. The maximum atomic E-state index is 13.5. The molecule has 38 heavy (non-hydrogen) atoms. The minimum absolute atomic E-state index is 0.103. The highest BCUT2D eigenvalue weighted by atomic mass is 16.5. The van der Waals surface area contributed by atoms with Gasteiger partial charge in [-0.1, -0.05) is 18.2 Å². The molecule has 8 heteroatoms. The summed E-state index contributed by atoms with van der Waals surface area (Å²) in [6.07, 6.45) is 0.942. The fraction of sp³-hybridized carbons (Fsp3) is 0.267. The zero-order chi connectivity index (χ0) is 26.4. The van der Waals surface area contributed by atoms with Crippen LogP contribution in [0.4, 0.5) is 0 Å². The van der Waals surface area contributed by atoms with Gasteiger partial charge in [-0.05, 0) is 53.2 Å². The molecule has 4 aromatic carbocycles. The third-order valence-corrected chi connectivity index (χ3v) is 7.50. The molecule has 2 aliphatic heterocycles. The van der Waals surface area contributed by atoms with E-state index in [4.69, 9.17) is 18.9 Å². The van der Waals surface area contributed by atoms with E-state index in [1.165, 1.54) is 0 Å². The number of nitrogens with zero attached hydrogens (tertiary/aromatic N) is 1. The summed E-state index contributed by atoms with van der Waals surface area (Å²) in [4.78, 5) is 28.4. The highest BCUT2D eigenvalue weighted by molar-refractivity contribution is 6.04. The lowest BCUT2D eigenvalue weighted by atomic mass is 9.95. The first-order valence-corrected chi connectivity index (χ1v) is 12.5. The standard InChI is InChI=1S/C30H28N2O6/c1-35-21-8-7-18-16-27-24(14-19(18)13-21)28(33)31-30(38-27)9-11-32(12-10-30)29(34)20-15-23-22(26(17-20)37-3)5-4-6-25(23)36-2/h4-8,13-17H,9-12H2,1-3H3,(H,31,33). The number of methoxy groups -OCH3 is 3. The molecule has 0 saturated carbocycles. The van der Waals surface area contributed by atoms with Crippen molar-refractivity contribution in [1.82, 2.24) is 10.2 Å². The molecule has 1 fully saturated rings. The zero-order valence-electron chi connectivity index (χ0n) is 21.5. The lowest BCUT2D eigenvalue weighted by Gasteiger charge is -2.44. The fourth-order valence-electron chi connectivity index (χ4n) is 5.43. The molecular formula is C30H28N2O6. The second-order valence-corrected chi connectivity index (χ2v) is 9.64. The molecule has 6 rings (SSSR count). The molecule has 2 aliphatic rings. The van der Waals surface area contributed by atoms with Gasteiger partial charge >= 0.3 is 0 Å². The van der Waals surface area contributed by atoms with Crippen LogP contribution in [0.25, 0.3) is 21.5 Å². The number of piperidine rings is 1. The van der Waals surface area contributed by atoms with Gasteiger partial charge in [-0.25, -0.2) is 0 Å². The largest absolute Gasteiger partial charge is 0.497 e. The molecule has 0 radical (unpaired) electrons. The van der Waals surface area contributed by atoms with Crippen LogP contribution in [0.15, 0.2) is 60.7 Å². The number of amides is 2. The molecule has 0 aromatic heterocycles. The topological polar surface area (TPSA) is 86.3 Å². The summed E-state index contributed by atoms with van der Waals surface area (Å²) in [5.41, 5.74) is 0.161. The Morgan fingerprint density at radius 1 is 0.868 bits per heavy atom. The van der Waals surface area contributed by atoms with Crippen molar-refractivity contribution in [3.05, 3.63) is 71.8 Å². The van der Waals surface area contributed by atoms with Crippen LogP contribution in [0.3, 0.4) is 0 Å². The van der Waals surface area contributed by atoms with Crippen molar-refractivity contribution in [2.45, 2.75) is 18.6 Å². The molecule has 0 atom stereocenters. The third kappa shape index (κ3) is 3.93. The van der Waals surface area contributed by atoms with Gasteiger partial charge in [0.15, 0.2) is 5.72 Å². The number of benzene rings is 4. The molecule has 2 amide bonds. The Kier molecular flexibility index (Phi) is 5.75. The molecule has 8 nitrogen and oxygen atoms in total. The van der Waals surface area contributed by atoms with E-state index in [9.17, 15) is 9.59 Å². The van der Waals surface area contributed by atoms with Gasteiger partial charge in [0.05, 0.1) is 26.9 Å². The van der Waals surface area contributed by atoms with E-state index < -0.39 is 5.72 Å². The normalized spacial score (nSPS) is 16.1. The Bertz CT molecular complexity index is 1590. The minimum atomic E-state index is -0.856. The number of fused-ring (bicyclic) bond motifs is 3. The fourth-order valence-corrected chi connectivity index (χ4v) is 5.43. The zero-order valence-corrected chi connectivity index (χ0v) is 21.5. The number of carbonyl (C=O) groups is 2. The van der Waals surface area contributed by atoms with Crippen LogP contribution in [-0.2, 0) is 0 Å². The van der Waals surface area contributed by atoms with Gasteiger partial charge in [0.25, 0.3) is 11.8 Å². The maximum absolute atomic E-state index is 13.5. The van der Waals surface area contributed by atoms with Crippen LogP contribution in [0, 0.1) is 0 Å². The van der Waals surface area contributed by atoms with E-state index in [0.717, 1.165) is 27.3 Å². The number of rotatable bonds is 4. The van der Waals surface area contributed by atoms with Crippen LogP contribution in [0.2, 0.25) is 0 Å². The van der Waals surface area contributed by atoms with E-state index >= 15 is 0 Å². The summed E-state index contributed by atoms with van der Waals surface area (Å²) >= 11 is 0. The van der Waals surface area contributed by atoms with Crippen LogP contribution in [0.5, 0.6) is 23.0 Å². The summed E-state index contributed by atoms with van der Waals surface area (Å²) in [5.74, 6) is 2.29. The smallest absolute Gasteiger partial charge is 0.258 e. The van der Waals surface area contributed by atoms with Gasteiger partial charge in [-0.15, -0.1) is 0 Å². The van der Waals surface area contributed by atoms with Crippen LogP contribution in [-0.4, -0.2) is 56.9 Å². The highest BCUT2D eigenvalue weighted by Crippen LogP contribution is 2.38. The summed E-state index contributed by atoms with van der Waals surface area (Å²) in [7, 11) is 4.81. The Labute approximate surface area is 220 Å². The van der Waals surface area contributed by atoms with Crippen LogP contribution in [0.1, 0.15) is 33.6 Å². The number of nitrogens with one attached hydrogen (secondary N) is 1. The van der Waals surface area contributed by atoms with E-state index in [2.05, 4.69) is 5.32 Å². The Balaban J connectivity index is 1.24. The molecule has 0 aliphatic carbocycles. The lowest BCUT2D eigenvalue weighted by molar-refractivity contribution is -0.0244. The first kappa shape index (κ1) is 23.9. The van der Waals surface area contributed by atoms with Gasteiger partial charge in [-0.2, -0.15) is 0 Å². The summed E-state index contributed by atoms with van der Waals surface area (Å²) in [6, 6.07) is 18.8. The molecular weight excluding hydrogens is 484 g/mol. The molecule has 0 bridgehead atoms. The highest BCUT2D eigenvalue weighted by Gasteiger charge is 2.43. The number of ether oxygens (including phenoxy) is 4. The second-order valence-electron chi connectivity index (χ2n) is 9.64.